The van der Waals surface area contributed by atoms with Gasteiger partial charge < -0.3 is 5.11 Å². The Morgan fingerprint density at radius 3 is 1.86 bits per heavy atom. The van der Waals surface area contributed by atoms with Crippen molar-refractivity contribution in [2.24, 2.45) is 17.3 Å². The van der Waals surface area contributed by atoms with Crippen LogP contribution in [0.2, 0.25) is 0 Å². The van der Waals surface area contributed by atoms with Crippen LogP contribution in [0.1, 0.15) is 91.0 Å². The third-order valence-corrected chi connectivity index (χ3v) is 9.03. The summed E-state index contributed by atoms with van der Waals surface area (Å²) in [5.41, 5.74) is 10.1. The SMILES string of the molecule is CCC(CC)C(=O)/C=C(\O)C(CC)CC.Cc1[c-]c(-c2ccc3c(-c4cccc5nc(CC(C)(C)C)ccc45)cccc3n2)cc(C)c1.[Ir]. The number of carbonyl (C=O) groups excluding carboxylic acids is 1. The van der Waals surface area contributed by atoms with E-state index < -0.39 is 0 Å². The molecule has 5 rings (SSSR count). The maximum Gasteiger partial charge on any atom is 0.162 e. The summed E-state index contributed by atoms with van der Waals surface area (Å²) in [5.74, 6) is 0.547. The number of carbonyl (C=O) groups is 1. The number of aryl methyl sites for hydroxylation is 2. The van der Waals surface area contributed by atoms with Gasteiger partial charge in [0.1, 0.15) is 0 Å². The van der Waals surface area contributed by atoms with Gasteiger partial charge in [-0.15, -0.1) is 34.9 Å². The van der Waals surface area contributed by atoms with Crippen LogP contribution in [0.15, 0.2) is 84.6 Å². The molecule has 2 aromatic heterocycles. The number of aromatic nitrogens is 2. The topological polar surface area (TPSA) is 63.1 Å². The van der Waals surface area contributed by atoms with E-state index in [1.54, 1.807) is 0 Å². The van der Waals surface area contributed by atoms with Crippen LogP contribution in [-0.4, -0.2) is 20.9 Å². The van der Waals surface area contributed by atoms with Crippen LogP contribution in [0.3, 0.4) is 0 Å². The second-order valence-electron chi connectivity index (χ2n) is 14.2. The van der Waals surface area contributed by atoms with Crippen molar-refractivity contribution in [3.8, 4) is 22.4 Å². The van der Waals surface area contributed by atoms with Crippen molar-refractivity contribution >= 4 is 27.6 Å². The first-order valence-electron chi connectivity index (χ1n) is 17.6. The molecule has 0 unspecified atom stereocenters. The molecule has 4 nitrogen and oxygen atoms in total. The molecule has 0 aliphatic heterocycles. The number of fused-ring (bicyclic) bond motifs is 2. The zero-order valence-corrected chi connectivity index (χ0v) is 33.2. The molecule has 0 amide bonds. The molecule has 49 heavy (non-hydrogen) atoms. The molecule has 5 heteroatoms. The van der Waals surface area contributed by atoms with E-state index in [0.29, 0.717) is 0 Å². The Morgan fingerprint density at radius 2 is 1.33 bits per heavy atom. The Balaban J connectivity index is 0.000000347. The number of aliphatic hydroxyl groups is 1. The van der Waals surface area contributed by atoms with E-state index in [9.17, 15) is 9.90 Å². The second-order valence-corrected chi connectivity index (χ2v) is 14.2. The van der Waals surface area contributed by atoms with Gasteiger partial charge in [0.15, 0.2) is 5.78 Å². The molecule has 3 aromatic carbocycles. The Morgan fingerprint density at radius 1 is 0.776 bits per heavy atom. The number of ketones is 1. The molecule has 0 saturated heterocycles. The van der Waals surface area contributed by atoms with E-state index in [0.717, 1.165) is 71.0 Å². The second kappa shape index (κ2) is 17.8. The molecule has 0 spiro atoms. The molecule has 2 heterocycles. The van der Waals surface area contributed by atoms with E-state index in [4.69, 9.17) is 9.97 Å². The average Bonchev–Trinajstić information content (AvgIpc) is 3.04. The average molecular weight is 834 g/mol. The quantitative estimate of drug-likeness (QED) is 0.0865. The van der Waals surface area contributed by atoms with Gasteiger partial charge in [-0.3, -0.25) is 14.8 Å². The largest absolute Gasteiger partial charge is 0.512 e. The summed E-state index contributed by atoms with van der Waals surface area (Å²) in [5, 5.41) is 12.1. The van der Waals surface area contributed by atoms with Crippen molar-refractivity contribution in [3.63, 3.8) is 0 Å². The number of allylic oxidation sites excluding steroid dienone is 2. The van der Waals surface area contributed by atoms with E-state index in [2.05, 4.69) is 113 Å². The van der Waals surface area contributed by atoms with Crippen molar-refractivity contribution in [3.05, 3.63) is 108 Å². The van der Waals surface area contributed by atoms with Crippen molar-refractivity contribution < 1.29 is 30.0 Å². The van der Waals surface area contributed by atoms with E-state index >= 15 is 0 Å². The summed E-state index contributed by atoms with van der Waals surface area (Å²) in [7, 11) is 0. The van der Waals surface area contributed by atoms with E-state index in [-0.39, 0.29) is 48.9 Å². The van der Waals surface area contributed by atoms with Gasteiger partial charge in [0.05, 0.1) is 16.8 Å². The monoisotopic (exact) mass is 834 g/mol. The minimum Gasteiger partial charge on any atom is -0.512 e. The first-order valence-corrected chi connectivity index (χ1v) is 17.6. The maximum atomic E-state index is 11.7. The van der Waals surface area contributed by atoms with Crippen LogP contribution in [-0.2, 0) is 31.3 Å². The predicted molar refractivity (Wildman–Crippen MR) is 203 cm³/mol. The molecule has 0 fully saturated rings. The molecule has 0 bridgehead atoms. The minimum atomic E-state index is 0. The molecule has 1 radical (unpaired) electrons. The van der Waals surface area contributed by atoms with Crippen molar-refractivity contribution in [2.75, 3.05) is 0 Å². The zero-order valence-electron chi connectivity index (χ0n) is 30.8. The number of aliphatic hydroxyl groups excluding tert-OH is 1. The molecule has 0 aliphatic carbocycles. The minimum absolute atomic E-state index is 0. The third kappa shape index (κ3) is 10.4. The van der Waals surface area contributed by atoms with E-state index in [1.165, 1.54) is 28.2 Å². The van der Waals surface area contributed by atoms with Crippen LogP contribution in [0.5, 0.6) is 0 Å². The zero-order chi connectivity index (χ0) is 35.0. The molecular formula is C44H53IrN2O2-. The smallest absolute Gasteiger partial charge is 0.162 e. The van der Waals surface area contributed by atoms with Crippen molar-refractivity contribution in [1.82, 2.24) is 9.97 Å². The Kier molecular flexibility index (Phi) is 14.5. The normalized spacial score (nSPS) is 11.9. The fourth-order valence-corrected chi connectivity index (χ4v) is 6.43. The maximum absolute atomic E-state index is 11.7. The molecule has 0 aliphatic rings. The van der Waals surface area contributed by atoms with Crippen LogP contribution in [0, 0.1) is 37.2 Å². The van der Waals surface area contributed by atoms with Gasteiger partial charge in [0, 0.05) is 54.5 Å². The van der Waals surface area contributed by atoms with Gasteiger partial charge in [-0.05, 0) is 72.5 Å². The number of benzene rings is 3. The molecule has 261 valence electrons. The fraction of sp³-hybridized carbons (Fsp3) is 0.386. The number of pyridine rings is 2. The van der Waals surface area contributed by atoms with Crippen molar-refractivity contribution in [2.45, 2.75) is 94.4 Å². The van der Waals surface area contributed by atoms with Crippen LogP contribution in [0.4, 0.5) is 0 Å². The number of nitrogens with zero attached hydrogens (tertiary/aromatic N) is 2. The summed E-state index contributed by atoms with van der Waals surface area (Å²) in [4.78, 5) is 21.7. The van der Waals surface area contributed by atoms with Crippen LogP contribution < -0.4 is 0 Å². The molecule has 0 saturated carbocycles. The van der Waals surface area contributed by atoms with Gasteiger partial charge in [0.25, 0.3) is 0 Å². The fourth-order valence-electron chi connectivity index (χ4n) is 6.43. The summed E-state index contributed by atoms with van der Waals surface area (Å²) >= 11 is 0. The summed E-state index contributed by atoms with van der Waals surface area (Å²) < 4.78 is 0. The van der Waals surface area contributed by atoms with Crippen LogP contribution in [0.25, 0.3) is 44.2 Å². The standard InChI is InChI=1S/C31H29N2.C13H24O2.Ir/c1-20-16-21(2)18-22(17-20)28-15-14-27-25(9-7-11-30(27)33-28)24-8-6-10-29-26(24)13-12-23(32-29)19-31(3,4)5;1-5-10(6-2)12(14)9-13(15)11(7-3)8-4;/h6-17H,19H2,1-5H3;9-11,14H,5-8H2,1-4H3;/q-1;;/b;12-9-;. The predicted octanol–water partition coefficient (Wildman–Crippen LogP) is 12.0. The van der Waals surface area contributed by atoms with Crippen molar-refractivity contribution in [1.29, 1.82) is 0 Å². The number of hydrogen-bond donors (Lipinski definition) is 1. The number of hydrogen-bond acceptors (Lipinski definition) is 4. The molecular weight excluding hydrogens is 781 g/mol. The molecule has 0 atom stereocenters. The molecule has 1 N–H and O–H groups in total. The summed E-state index contributed by atoms with van der Waals surface area (Å²) in [6.07, 6.45) is 5.87. The summed E-state index contributed by atoms with van der Waals surface area (Å²) in [6.45, 7) is 19.0. The first kappa shape index (κ1) is 39.8. The molecule has 5 aromatic rings. The number of rotatable bonds is 10. The van der Waals surface area contributed by atoms with Crippen LogP contribution >= 0.6 is 0 Å². The Bertz CT molecular complexity index is 1880. The Hall–Kier alpha value is -3.66. The van der Waals surface area contributed by atoms with Gasteiger partial charge in [-0.1, -0.05) is 105 Å². The third-order valence-electron chi connectivity index (χ3n) is 9.03. The Labute approximate surface area is 307 Å². The first-order chi connectivity index (χ1) is 22.9. The van der Waals surface area contributed by atoms with E-state index in [1.807, 2.05) is 27.7 Å². The van der Waals surface area contributed by atoms with Gasteiger partial charge in [-0.2, -0.15) is 0 Å². The summed E-state index contributed by atoms with van der Waals surface area (Å²) in [6, 6.07) is 29.2. The van der Waals surface area contributed by atoms with Gasteiger partial charge in [0.2, 0.25) is 0 Å². The van der Waals surface area contributed by atoms with Gasteiger partial charge in [-0.25, -0.2) is 0 Å². The van der Waals surface area contributed by atoms with Gasteiger partial charge >= 0.3 is 0 Å².